The highest BCUT2D eigenvalue weighted by Gasteiger charge is 2.13. The highest BCUT2D eigenvalue weighted by Crippen LogP contribution is 2.12. The van der Waals surface area contributed by atoms with Gasteiger partial charge in [-0.25, -0.2) is 0 Å². The van der Waals surface area contributed by atoms with Crippen LogP contribution in [0.5, 0.6) is 0 Å². The average Bonchev–Trinajstić information content (AvgIpc) is 1.82. The zero-order valence-corrected chi connectivity index (χ0v) is 10.7. The molecule has 1 aromatic carbocycles. The lowest BCUT2D eigenvalue weighted by atomic mass is 9.85. The Labute approximate surface area is 90.8 Å². The van der Waals surface area contributed by atoms with E-state index < -0.39 is 0 Å². The maximum Gasteiger partial charge on any atom is 0.330 e. The molecule has 12 heavy (non-hydrogen) atoms. The molecule has 0 radical (unpaired) electrons. The lowest BCUT2D eigenvalue weighted by molar-refractivity contribution is 1.35. The van der Waals surface area contributed by atoms with Crippen LogP contribution >= 0.6 is 31.5 Å². The molecule has 0 aliphatic heterocycles. The number of hydrogen-bond acceptors (Lipinski definition) is 0. The van der Waals surface area contributed by atoms with Crippen LogP contribution in [0.4, 0.5) is 0 Å². The van der Waals surface area contributed by atoms with E-state index in [2.05, 4.69) is 64.4 Å². The second kappa shape index (κ2) is 3.97. The molecule has 0 nitrogen and oxygen atoms in total. The van der Waals surface area contributed by atoms with E-state index in [-0.39, 0.29) is 4.36 Å². The smallest absolute Gasteiger partial charge is 0.132 e. The molecule has 0 aliphatic carbocycles. The van der Waals surface area contributed by atoms with E-state index in [0.29, 0.717) is 0 Å². The summed E-state index contributed by atoms with van der Waals surface area (Å²) in [7, 11) is 0. The summed E-state index contributed by atoms with van der Waals surface area (Å²) >= 11 is 7.05. The fourth-order valence-electron chi connectivity index (χ4n) is 1.54. The molecule has 0 N–H and O–H groups in total. The molecule has 0 saturated heterocycles. The van der Waals surface area contributed by atoms with E-state index in [1.807, 2.05) is 0 Å². The summed E-state index contributed by atoms with van der Waals surface area (Å²) in [6.45, 7) is 6.41. The SMILES string of the molecule is Cc1cc(C)c(B(Br)Br)c(C)c1. The monoisotopic (exact) mass is 288 g/mol. The van der Waals surface area contributed by atoms with Gasteiger partial charge in [0.15, 0.2) is 0 Å². The van der Waals surface area contributed by atoms with Crippen molar-refractivity contribution < 1.29 is 0 Å². The fourth-order valence-corrected chi connectivity index (χ4v) is 2.98. The van der Waals surface area contributed by atoms with Gasteiger partial charge in [0.1, 0.15) is 0 Å². The van der Waals surface area contributed by atoms with Crippen LogP contribution in [0.25, 0.3) is 0 Å². The Morgan fingerprint density at radius 2 is 1.42 bits per heavy atom. The van der Waals surface area contributed by atoms with Crippen LogP contribution in [-0.2, 0) is 0 Å². The number of benzene rings is 1. The van der Waals surface area contributed by atoms with Crippen LogP contribution in [0, 0.1) is 20.8 Å². The second-order valence-electron chi connectivity index (χ2n) is 3.11. The standard InChI is InChI=1S/C9H11BBr2/c1-6-4-7(2)9(10(11)12)8(3)5-6/h4-5H,1-3H3. The van der Waals surface area contributed by atoms with Crippen molar-refractivity contribution in [2.24, 2.45) is 0 Å². The van der Waals surface area contributed by atoms with E-state index in [1.165, 1.54) is 22.2 Å². The van der Waals surface area contributed by atoms with E-state index >= 15 is 0 Å². The zero-order chi connectivity index (χ0) is 9.30. The van der Waals surface area contributed by atoms with Crippen molar-refractivity contribution in [3.05, 3.63) is 28.8 Å². The van der Waals surface area contributed by atoms with E-state index in [0.717, 1.165) is 0 Å². The minimum atomic E-state index is 0.269. The number of hydrogen-bond donors (Lipinski definition) is 0. The Balaban J connectivity index is 3.28. The molecule has 0 bridgehead atoms. The van der Waals surface area contributed by atoms with Gasteiger partial charge in [-0.3, -0.25) is 0 Å². The van der Waals surface area contributed by atoms with Gasteiger partial charge in [-0.05, 0) is 26.2 Å². The van der Waals surface area contributed by atoms with Crippen LogP contribution < -0.4 is 5.46 Å². The third-order valence-electron chi connectivity index (χ3n) is 1.96. The van der Waals surface area contributed by atoms with Crippen LogP contribution in [0.3, 0.4) is 0 Å². The van der Waals surface area contributed by atoms with Gasteiger partial charge in [-0.2, -0.15) is 0 Å². The first kappa shape index (κ1) is 10.3. The van der Waals surface area contributed by atoms with Gasteiger partial charge in [0, 0.05) is 0 Å². The molecule has 0 fully saturated rings. The van der Waals surface area contributed by atoms with Gasteiger partial charge in [-0.1, -0.05) is 28.8 Å². The molecule has 1 rings (SSSR count). The molecular weight excluding hydrogens is 279 g/mol. The van der Waals surface area contributed by atoms with E-state index in [4.69, 9.17) is 0 Å². The van der Waals surface area contributed by atoms with Crippen molar-refractivity contribution in [3.63, 3.8) is 0 Å². The first-order valence-corrected chi connectivity index (χ1v) is 5.71. The predicted octanol–water partition coefficient (Wildman–Crippen LogP) is 3.10. The van der Waals surface area contributed by atoms with Gasteiger partial charge in [0.25, 0.3) is 0 Å². The third-order valence-corrected chi connectivity index (χ3v) is 2.87. The number of aryl methyl sites for hydroxylation is 3. The Bertz CT molecular complexity index is 272. The maximum absolute atomic E-state index is 3.53. The van der Waals surface area contributed by atoms with E-state index in [1.54, 1.807) is 0 Å². The van der Waals surface area contributed by atoms with Gasteiger partial charge in [-0.15, -0.1) is 31.5 Å². The molecule has 0 saturated carbocycles. The summed E-state index contributed by atoms with van der Waals surface area (Å²) in [5.74, 6) is 0. The molecule has 0 heterocycles. The summed E-state index contributed by atoms with van der Waals surface area (Å²) in [4.78, 5) is 0. The molecule has 0 unspecified atom stereocenters. The number of rotatable bonds is 1. The van der Waals surface area contributed by atoms with Crippen LogP contribution in [0.2, 0.25) is 0 Å². The summed E-state index contributed by atoms with van der Waals surface area (Å²) in [6, 6.07) is 4.41. The molecule has 0 spiro atoms. The summed E-state index contributed by atoms with van der Waals surface area (Å²) in [6.07, 6.45) is 0. The van der Waals surface area contributed by atoms with Crippen molar-refractivity contribution in [2.75, 3.05) is 0 Å². The van der Waals surface area contributed by atoms with Crippen molar-refractivity contribution in [1.82, 2.24) is 0 Å². The lowest BCUT2D eigenvalue weighted by Crippen LogP contribution is -2.23. The highest BCUT2D eigenvalue weighted by atomic mass is 79.9. The Morgan fingerprint density at radius 1 is 1.00 bits per heavy atom. The molecule has 0 amide bonds. The summed E-state index contributed by atoms with van der Waals surface area (Å²) in [5, 5.41) is 0. The fraction of sp³-hybridized carbons (Fsp3) is 0.333. The lowest BCUT2D eigenvalue weighted by Gasteiger charge is -2.10. The van der Waals surface area contributed by atoms with Crippen molar-refractivity contribution in [3.8, 4) is 0 Å². The summed E-state index contributed by atoms with van der Waals surface area (Å²) < 4.78 is 0.269. The van der Waals surface area contributed by atoms with Gasteiger partial charge < -0.3 is 0 Å². The molecule has 64 valence electrons. The van der Waals surface area contributed by atoms with Crippen molar-refractivity contribution in [1.29, 1.82) is 0 Å². The summed E-state index contributed by atoms with van der Waals surface area (Å²) in [5.41, 5.74) is 5.35. The first-order chi connectivity index (χ1) is 5.52. The first-order valence-electron chi connectivity index (χ1n) is 3.88. The van der Waals surface area contributed by atoms with E-state index in [9.17, 15) is 0 Å². The zero-order valence-electron chi connectivity index (χ0n) is 7.49. The molecule has 0 aliphatic rings. The average molecular weight is 290 g/mol. The van der Waals surface area contributed by atoms with Gasteiger partial charge in [0.05, 0.1) is 0 Å². The molecule has 0 atom stereocenters. The van der Waals surface area contributed by atoms with Gasteiger partial charge in [0.2, 0.25) is 0 Å². The Morgan fingerprint density at radius 3 is 1.75 bits per heavy atom. The van der Waals surface area contributed by atoms with Crippen LogP contribution in [0.1, 0.15) is 16.7 Å². The van der Waals surface area contributed by atoms with Crippen molar-refractivity contribution in [2.45, 2.75) is 20.8 Å². The normalized spacial score (nSPS) is 10.1. The van der Waals surface area contributed by atoms with Crippen LogP contribution in [-0.4, -0.2) is 4.36 Å². The minimum Gasteiger partial charge on any atom is -0.132 e. The van der Waals surface area contributed by atoms with Gasteiger partial charge >= 0.3 is 4.36 Å². The highest BCUT2D eigenvalue weighted by molar-refractivity contribution is 9.49. The third kappa shape index (κ3) is 2.14. The maximum atomic E-state index is 3.53. The number of halogens is 2. The largest absolute Gasteiger partial charge is 0.330 e. The molecule has 0 aromatic heterocycles. The molecular formula is C9H11BBr2. The van der Waals surface area contributed by atoms with Crippen molar-refractivity contribution >= 4 is 41.3 Å². The Hall–Kier alpha value is 0.245. The quantitative estimate of drug-likeness (QED) is 0.697. The molecule has 1 aromatic rings. The van der Waals surface area contributed by atoms with Crippen LogP contribution in [0.15, 0.2) is 12.1 Å². The minimum absolute atomic E-state index is 0.269. The topological polar surface area (TPSA) is 0 Å². The molecule has 3 heteroatoms. The second-order valence-corrected chi connectivity index (χ2v) is 6.17. The Kier molecular flexibility index (Phi) is 3.42. The predicted molar refractivity (Wildman–Crippen MR) is 63.9 cm³/mol.